The zero-order valence-corrected chi connectivity index (χ0v) is 10.6. The van der Waals surface area contributed by atoms with E-state index in [4.69, 9.17) is 5.73 Å². The normalized spacial score (nSPS) is 12.7. The number of hydrogen-bond donors (Lipinski definition) is 1. The lowest BCUT2D eigenvalue weighted by atomic mass is 10.1. The number of fused-ring (bicyclic) bond motifs is 1. The molecule has 2 heterocycles. The summed E-state index contributed by atoms with van der Waals surface area (Å²) in [5, 5.41) is 1.06. The standard InChI is InChI=1S/C14H13N3S/c15-10(11-5-3-4-8-16-11)9-14-17-12-6-1-2-7-13(12)18-14/h1-8,10H,9,15H2. The van der Waals surface area contributed by atoms with Gasteiger partial charge in [0.15, 0.2) is 0 Å². The Morgan fingerprint density at radius 1 is 1.11 bits per heavy atom. The second-order valence-corrected chi connectivity index (χ2v) is 5.26. The van der Waals surface area contributed by atoms with Crippen LogP contribution in [-0.2, 0) is 6.42 Å². The van der Waals surface area contributed by atoms with E-state index in [1.54, 1.807) is 17.5 Å². The summed E-state index contributed by atoms with van der Waals surface area (Å²) in [6.45, 7) is 0. The molecule has 3 aromatic rings. The van der Waals surface area contributed by atoms with Crippen molar-refractivity contribution >= 4 is 21.6 Å². The number of pyridine rings is 1. The number of nitrogens with zero attached hydrogens (tertiary/aromatic N) is 2. The van der Waals surface area contributed by atoms with Crippen LogP contribution < -0.4 is 5.73 Å². The number of hydrogen-bond acceptors (Lipinski definition) is 4. The molecule has 0 aliphatic rings. The molecule has 3 rings (SSSR count). The molecule has 0 aliphatic carbocycles. The zero-order chi connectivity index (χ0) is 12.4. The van der Waals surface area contributed by atoms with E-state index in [-0.39, 0.29) is 6.04 Å². The topological polar surface area (TPSA) is 51.8 Å². The van der Waals surface area contributed by atoms with Gasteiger partial charge in [0.25, 0.3) is 0 Å². The molecule has 1 aromatic carbocycles. The van der Waals surface area contributed by atoms with Gasteiger partial charge in [-0.1, -0.05) is 18.2 Å². The van der Waals surface area contributed by atoms with Gasteiger partial charge in [-0.2, -0.15) is 0 Å². The molecule has 0 bridgehead atoms. The maximum Gasteiger partial charge on any atom is 0.0958 e. The van der Waals surface area contributed by atoms with Crippen LogP contribution in [0.5, 0.6) is 0 Å². The van der Waals surface area contributed by atoms with Crippen LogP contribution >= 0.6 is 11.3 Å². The lowest BCUT2D eigenvalue weighted by Gasteiger charge is -2.08. The second-order valence-electron chi connectivity index (χ2n) is 4.14. The fraction of sp³-hybridized carbons (Fsp3) is 0.143. The summed E-state index contributed by atoms with van der Waals surface area (Å²) in [4.78, 5) is 8.87. The predicted octanol–water partition coefficient (Wildman–Crippen LogP) is 2.93. The minimum absolute atomic E-state index is 0.0910. The van der Waals surface area contributed by atoms with Crippen LogP contribution in [0, 0.1) is 0 Å². The molecular weight excluding hydrogens is 242 g/mol. The third-order valence-electron chi connectivity index (χ3n) is 2.80. The quantitative estimate of drug-likeness (QED) is 0.783. The number of rotatable bonds is 3. The molecule has 0 amide bonds. The molecule has 0 fully saturated rings. The van der Waals surface area contributed by atoms with Crippen molar-refractivity contribution in [1.29, 1.82) is 0 Å². The molecule has 0 saturated carbocycles. The van der Waals surface area contributed by atoms with Crippen molar-refractivity contribution in [2.24, 2.45) is 5.73 Å². The molecule has 4 heteroatoms. The molecule has 1 unspecified atom stereocenters. The Morgan fingerprint density at radius 2 is 1.94 bits per heavy atom. The average molecular weight is 255 g/mol. The molecule has 0 aliphatic heterocycles. The monoisotopic (exact) mass is 255 g/mol. The third kappa shape index (κ3) is 2.25. The van der Waals surface area contributed by atoms with Gasteiger partial charge in [-0.05, 0) is 24.3 Å². The van der Waals surface area contributed by atoms with Crippen LogP contribution in [0.2, 0.25) is 0 Å². The first-order valence-corrected chi connectivity index (χ1v) is 6.65. The smallest absolute Gasteiger partial charge is 0.0958 e. The highest BCUT2D eigenvalue weighted by molar-refractivity contribution is 7.18. The molecule has 18 heavy (non-hydrogen) atoms. The van der Waals surface area contributed by atoms with Gasteiger partial charge >= 0.3 is 0 Å². The van der Waals surface area contributed by atoms with E-state index in [1.807, 2.05) is 36.4 Å². The number of nitrogens with two attached hydrogens (primary N) is 1. The van der Waals surface area contributed by atoms with Gasteiger partial charge < -0.3 is 5.73 Å². The van der Waals surface area contributed by atoms with E-state index in [0.29, 0.717) is 0 Å². The average Bonchev–Trinajstić information content (AvgIpc) is 2.82. The first kappa shape index (κ1) is 11.3. The van der Waals surface area contributed by atoms with Gasteiger partial charge in [0.05, 0.1) is 27.0 Å². The molecule has 0 radical (unpaired) electrons. The Labute approximate surface area is 109 Å². The number of thiazole rings is 1. The SMILES string of the molecule is NC(Cc1nc2ccccc2s1)c1ccccn1. The van der Waals surface area contributed by atoms with Crippen molar-refractivity contribution in [1.82, 2.24) is 9.97 Å². The van der Waals surface area contributed by atoms with E-state index in [2.05, 4.69) is 16.0 Å². The summed E-state index contributed by atoms with van der Waals surface area (Å²) in [5.41, 5.74) is 8.11. The Morgan fingerprint density at radius 3 is 2.72 bits per heavy atom. The van der Waals surface area contributed by atoms with Crippen molar-refractivity contribution < 1.29 is 0 Å². The highest BCUT2D eigenvalue weighted by atomic mass is 32.1. The Balaban J connectivity index is 1.84. The van der Waals surface area contributed by atoms with Crippen molar-refractivity contribution in [3.8, 4) is 0 Å². The predicted molar refractivity (Wildman–Crippen MR) is 74.5 cm³/mol. The lowest BCUT2D eigenvalue weighted by Crippen LogP contribution is -2.14. The van der Waals surface area contributed by atoms with Crippen LogP contribution in [-0.4, -0.2) is 9.97 Å². The van der Waals surface area contributed by atoms with Gasteiger partial charge in [0.1, 0.15) is 0 Å². The summed E-state index contributed by atoms with van der Waals surface area (Å²) in [7, 11) is 0. The van der Waals surface area contributed by atoms with Crippen LogP contribution in [0.4, 0.5) is 0 Å². The van der Waals surface area contributed by atoms with E-state index < -0.39 is 0 Å². The van der Waals surface area contributed by atoms with Gasteiger partial charge in [0, 0.05) is 12.6 Å². The first-order chi connectivity index (χ1) is 8.83. The molecular formula is C14H13N3S. The number of para-hydroxylation sites is 1. The van der Waals surface area contributed by atoms with E-state index in [9.17, 15) is 0 Å². The maximum absolute atomic E-state index is 6.15. The van der Waals surface area contributed by atoms with E-state index in [0.717, 1.165) is 22.6 Å². The minimum Gasteiger partial charge on any atom is -0.322 e. The molecule has 2 N–H and O–H groups in total. The van der Waals surface area contributed by atoms with Crippen LogP contribution in [0.15, 0.2) is 48.7 Å². The molecule has 2 aromatic heterocycles. The Hall–Kier alpha value is -1.78. The first-order valence-electron chi connectivity index (χ1n) is 5.84. The summed E-state index contributed by atoms with van der Waals surface area (Å²) in [6, 6.07) is 13.9. The van der Waals surface area contributed by atoms with Gasteiger partial charge in [-0.15, -0.1) is 11.3 Å². The molecule has 3 nitrogen and oxygen atoms in total. The Bertz CT molecular complexity index is 615. The molecule has 0 spiro atoms. The highest BCUT2D eigenvalue weighted by Gasteiger charge is 2.11. The molecule has 1 atom stereocenters. The minimum atomic E-state index is -0.0910. The fourth-order valence-electron chi connectivity index (χ4n) is 1.90. The molecule has 0 saturated heterocycles. The van der Waals surface area contributed by atoms with Crippen LogP contribution in [0.25, 0.3) is 10.2 Å². The van der Waals surface area contributed by atoms with Crippen LogP contribution in [0.1, 0.15) is 16.7 Å². The largest absolute Gasteiger partial charge is 0.322 e. The van der Waals surface area contributed by atoms with Crippen molar-refractivity contribution in [2.45, 2.75) is 12.5 Å². The van der Waals surface area contributed by atoms with Crippen LogP contribution in [0.3, 0.4) is 0 Å². The van der Waals surface area contributed by atoms with Crippen molar-refractivity contribution in [3.05, 3.63) is 59.4 Å². The summed E-state index contributed by atoms with van der Waals surface area (Å²) >= 11 is 1.70. The van der Waals surface area contributed by atoms with Gasteiger partial charge in [0.2, 0.25) is 0 Å². The summed E-state index contributed by atoms with van der Waals surface area (Å²) in [6.07, 6.45) is 2.50. The Kier molecular flexibility index (Phi) is 3.04. The van der Waals surface area contributed by atoms with Crippen molar-refractivity contribution in [3.63, 3.8) is 0 Å². The number of benzene rings is 1. The second kappa shape index (κ2) is 4.84. The highest BCUT2D eigenvalue weighted by Crippen LogP contribution is 2.24. The fourth-order valence-corrected chi connectivity index (χ4v) is 2.92. The van der Waals surface area contributed by atoms with Gasteiger partial charge in [-0.25, -0.2) is 4.98 Å². The maximum atomic E-state index is 6.15. The van der Waals surface area contributed by atoms with E-state index >= 15 is 0 Å². The van der Waals surface area contributed by atoms with Crippen molar-refractivity contribution in [2.75, 3.05) is 0 Å². The van der Waals surface area contributed by atoms with Gasteiger partial charge in [-0.3, -0.25) is 4.98 Å². The molecule has 90 valence electrons. The third-order valence-corrected chi connectivity index (χ3v) is 3.86. The summed E-state index contributed by atoms with van der Waals surface area (Å²) < 4.78 is 1.21. The number of aromatic nitrogens is 2. The van der Waals surface area contributed by atoms with E-state index in [1.165, 1.54) is 4.70 Å². The summed E-state index contributed by atoms with van der Waals surface area (Å²) in [5.74, 6) is 0. The lowest BCUT2D eigenvalue weighted by molar-refractivity contribution is 0.694. The zero-order valence-electron chi connectivity index (χ0n) is 9.78.